The highest BCUT2D eigenvalue weighted by Gasteiger charge is 2.11. The van der Waals surface area contributed by atoms with E-state index >= 15 is 0 Å². The largest absolute Gasteiger partial charge is 0.271 e. The van der Waals surface area contributed by atoms with Crippen LogP contribution in [0.4, 0.5) is 0 Å². The second kappa shape index (κ2) is 9.53. The van der Waals surface area contributed by atoms with Crippen molar-refractivity contribution in [2.45, 2.75) is 53.4 Å². The Morgan fingerprint density at radius 2 is 0.765 bits per heavy atom. The third-order valence-electron chi connectivity index (χ3n) is 1.98. The van der Waals surface area contributed by atoms with Crippen molar-refractivity contribution in [2.75, 3.05) is 0 Å². The maximum atomic E-state index is 3.18. The summed E-state index contributed by atoms with van der Waals surface area (Å²) in [5, 5.41) is 0. The first-order valence-electron chi connectivity index (χ1n) is 6.40. The summed E-state index contributed by atoms with van der Waals surface area (Å²) >= 11 is 0. The van der Waals surface area contributed by atoms with Crippen molar-refractivity contribution in [1.29, 1.82) is 0 Å². The Morgan fingerprint density at radius 1 is 0.529 bits per heavy atom. The minimum atomic E-state index is -1.45. The molecule has 0 heterocycles. The van der Waals surface area contributed by atoms with Gasteiger partial charge in [-0.25, -0.2) is 0 Å². The van der Waals surface area contributed by atoms with Gasteiger partial charge >= 0.3 is 0 Å². The van der Waals surface area contributed by atoms with Gasteiger partial charge in [0, 0.05) is 25.7 Å². The van der Waals surface area contributed by atoms with Crippen LogP contribution in [0.1, 0.15) is 53.4 Å². The van der Waals surface area contributed by atoms with Crippen LogP contribution in [0.3, 0.4) is 0 Å². The first kappa shape index (κ1) is 15.3. The molecule has 0 unspecified atom stereocenters. The lowest BCUT2D eigenvalue weighted by Gasteiger charge is -2.15. The van der Waals surface area contributed by atoms with Gasteiger partial charge in [0.15, 0.2) is 0 Å². The molecule has 0 aromatic heterocycles. The SMILES string of the molecule is CCC#C[B-](C#CCC)(C#CCC)C#CCC. The zero-order valence-electron chi connectivity index (χ0n) is 11.4. The second-order valence-corrected chi connectivity index (χ2v) is 3.56. The average molecular weight is 223 g/mol. The van der Waals surface area contributed by atoms with E-state index in [1.54, 1.807) is 0 Å². The number of hydrogen-bond donors (Lipinski definition) is 0. The minimum absolute atomic E-state index is 0.818. The fourth-order valence-corrected chi connectivity index (χ4v) is 1.24. The molecular formula is C16H20B-. The van der Waals surface area contributed by atoms with E-state index in [9.17, 15) is 0 Å². The van der Waals surface area contributed by atoms with Crippen LogP contribution in [-0.2, 0) is 0 Å². The summed E-state index contributed by atoms with van der Waals surface area (Å²) < 4.78 is 0. The fourth-order valence-electron chi connectivity index (χ4n) is 1.24. The van der Waals surface area contributed by atoms with Gasteiger partial charge in [-0.15, -0.1) is 23.7 Å². The van der Waals surface area contributed by atoms with Crippen LogP contribution in [0.25, 0.3) is 0 Å². The van der Waals surface area contributed by atoms with Crippen molar-refractivity contribution in [3.8, 4) is 47.0 Å². The van der Waals surface area contributed by atoms with Crippen molar-refractivity contribution in [3.63, 3.8) is 0 Å². The maximum Gasteiger partial charge on any atom is 0.271 e. The molecule has 0 saturated heterocycles. The van der Waals surface area contributed by atoms with Crippen LogP contribution in [0, 0.1) is 47.0 Å². The molecule has 17 heavy (non-hydrogen) atoms. The highest BCUT2D eigenvalue weighted by Crippen LogP contribution is 1.99. The van der Waals surface area contributed by atoms with Crippen LogP contribution in [0.2, 0.25) is 0 Å². The van der Waals surface area contributed by atoms with E-state index < -0.39 is 6.15 Å². The van der Waals surface area contributed by atoms with Crippen molar-refractivity contribution < 1.29 is 0 Å². The Balaban J connectivity index is 5.51. The summed E-state index contributed by atoms with van der Waals surface area (Å²) in [6.45, 7) is 8.12. The molecule has 0 aliphatic carbocycles. The Bertz CT molecular complexity index is 361. The van der Waals surface area contributed by atoms with Crippen LogP contribution in [-0.4, -0.2) is 6.15 Å². The Kier molecular flexibility index (Phi) is 8.58. The number of hydrogen-bond acceptors (Lipinski definition) is 0. The van der Waals surface area contributed by atoms with Gasteiger partial charge in [-0.2, -0.15) is 0 Å². The first-order chi connectivity index (χ1) is 8.24. The standard InChI is InChI=1S/C16H20B/c1-5-9-13-17(14-10-6-2,15-11-7-3)16-12-8-4/h5-8H2,1-4H3/q-1. The van der Waals surface area contributed by atoms with E-state index in [2.05, 4.69) is 47.0 Å². The molecule has 88 valence electrons. The minimum Gasteiger partial charge on any atom is -0.270 e. The smallest absolute Gasteiger partial charge is 0.270 e. The zero-order chi connectivity index (χ0) is 13.0. The molecule has 0 radical (unpaired) electrons. The molecule has 0 bridgehead atoms. The van der Waals surface area contributed by atoms with Gasteiger partial charge in [-0.05, 0) is 0 Å². The lowest BCUT2D eigenvalue weighted by molar-refractivity contribution is 1.28. The number of rotatable bonds is 0. The predicted octanol–water partition coefficient (Wildman–Crippen LogP) is 3.25. The third-order valence-corrected chi connectivity index (χ3v) is 1.98. The van der Waals surface area contributed by atoms with Gasteiger partial charge < -0.3 is 0 Å². The summed E-state index contributed by atoms with van der Waals surface area (Å²) in [6.07, 6.45) is 1.82. The average Bonchev–Trinajstić information content (AvgIpc) is 2.37. The summed E-state index contributed by atoms with van der Waals surface area (Å²) in [5.74, 6) is 25.1. The zero-order valence-corrected chi connectivity index (χ0v) is 11.4. The Hall–Kier alpha value is -1.70. The van der Waals surface area contributed by atoms with E-state index in [0.29, 0.717) is 0 Å². The fraction of sp³-hybridized carbons (Fsp3) is 0.500. The lowest BCUT2D eigenvalue weighted by atomic mass is 9.27. The van der Waals surface area contributed by atoms with Gasteiger partial charge in [0.1, 0.15) is 0 Å². The molecule has 0 N–H and O–H groups in total. The molecule has 0 aliphatic rings. The molecule has 0 aliphatic heterocycles. The van der Waals surface area contributed by atoms with E-state index in [1.165, 1.54) is 0 Å². The topological polar surface area (TPSA) is 0 Å². The summed E-state index contributed by atoms with van der Waals surface area (Å²) in [4.78, 5) is 0. The molecule has 0 aromatic rings. The van der Waals surface area contributed by atoms with Gasteiger partial charge in [0.25, 0.3) is 6.15 Å². The highest BCUT2D eigenvalue weighted by atomic mass is 13.8. The van der Waals surface area contributed by atoms with E-state index in [-0.39, 0.29) is 0 Å². The van der Waals surface area contributed by atoms with Crippen LogP contribution < -0.4 is 0 Å². The molecule has 0 atom stereocenters. The quantitative estimate of drug-likeness (QED) is 0.437. The summed E-state index contributed by atoms with van der Waals surface area (Å²) in [5.41, 5.74) is 0. The van der Waals surface area contributed by atoms with Crippen molar-refractivity contribution >= 4 is 6.15 Å². The van der Waals surface area contributed by atoms with Gasteiger partial charge in [0.2, 0.25) is 0 Å². The molecule has 0 saturated carbocycles. The molecule has 0 fully saturated rings. The Morgan fingerprint density at radius 3 is 0.941 bits per heavy atom. The van der Waals surface area contributed by atoms with E-state index in [4.69, 9.17) is 0 Å². The normalized spacial score (nSPS) is 8.24. The van der Waals surface area contributed by atoms with Crippen molar-refractivity contribution in [2.24, 2.45) is 0 Å². The maximum absolute atomic E-state index is 3.18. The molecule has 1 heteroatoms. The highest BCUT2D eigenvalue weighted by molar-refractivity contribution is 7.06. The van der Waals surface area contributed by atoms with Crippen molar-refractivity contribution in [1.82, 2.24) is 0 Å². The molecule has 0 amide bonds. The van der Waals surface area contributed by atoms with Crippen LogP contribution >= 0.6 is 0 Å². The lowest BCUT2D eigenvalue weighted by Crippen LogP contribution is -2.28. The van der Waals surface area contributed by atoms with Gasteiger partial charge in [0.05, 0.1) is 0 Å². The third kappa shape index (κ3) is 6.46. The van der Waals surface area contributed by atoms with Crippen LogP contribution in [0.5, 0.6) is 0 Å². The Labute approximate surface area is 107 Å². The monoisotopic (exact) mass is 223 g/mol. The summed E-state index contributed by atoms with van der Waals surface area (Å²) in [6, 6.07) is 0. The summed E-state index contributed by atoms with van der Waals surface area (Å²) in [7, 11) is 0. The van der Waals surface area contributed by atoms with E-state index in [0.717, 1.165) is 25.7 Å². The molecular weight excluding hydrogens is 203 g/mol. The van der Waals surface area contributed by atoms with Gasteiger partial charge in [-0.3, -0.25) is 23.3 Å². The molecule has 0 spiro atoms. The van der Waals surface area contributed by atoms with Crippen LogP contribution in [0.15, 0.2) is 0 Å². The predicted molar refractivity (Wildman–Crippen MR) is 78.0 cm³/mol. The molecule has 0 rings (SSSR count). The molecule has 0 aromatic carbocycles. The van der Waals surface area contributed by atoms with Gasteiger partial charge in [-0.1, -0.05) is 27.7 Å². The second-order valence-electron chi connectivity index (χ2n) is 3.56. The molecule has 0 nitrogen and oxygen atoms in total. The first-order valence-corrected chi connectivity index (χ1v) is 6.40. The van der Waals surface area contributed by atoms with E-state index in [1.807, 2.05) is 27.7 Å². The van der Waals surface area contributed by atoms with Crippen molar-refractivity contribution in [3.05, 3.63) is 0 Å².